The summed E-state index contributed by atoms with van der Waals surface area (Å²) in [5.74, 6) is -3.15. The van der Waals surface area contributed by atoms with Gasteiger partial charge in [-0.2, -0.15) is 0 Å². The fourth-order valence-corrected chi connectivity index (χ4v) is 10.2. The van der Waals surface area contributed by atoms with E-state index >= 15 is 0 Å². The van der Waals surface area contributed by atoms with E-state index in [2.05, 4.69) is 46.3 Å². The van der Waals surface area contributed by atoms with Gasteiger partial charge < -0.3 is 49.3 Å². The molecule has 4 aliphatic rings. The molecule has 4 N–H and O–H groups in total. The molecular formula is C48H52BrClF2N8O12S2. The van der Waals surface area contributed by atoms with E-state index < -0.39 is 60.8 Å². The molecule has 2 aromatic heterocycles. The van der Waals surface area contributed by atoms with E-state index in [4.69, 9.17) is 60.2 Å². The van der Waals surface area contributed by atoms with Gasteiger partial charge in [-0.05, 0) is 43.7 Å². The summed E-state index contributed by atoms with van der Waals surface area (Å²) in [6, 6.07) is 6.61. The number of aromatic nitrogens is 2. The largest absolute Gasteiger partial charge is 0.480 e. The molecule has 396 valence electrons. The molecule has 74 heavy (non-hydrogen) atoms. The zero-order chi connectivity index (χ0) is 52.7. The van der Waals surface area contributed by atoms with Crippen LogP contribution in [0.1, 0.15) is 47.1 Å². The molecule has 2 aromatic carbocycles. The number of nitrogens with one attached hydrogen (secondary N) is 2. The molecule has 0 radical (unpaired) electrons. The maximum atomic E-state index is 13.9. The number of ether oxygens (including phenoxy) is 6. The van der Waals surface area contributed by atoms with E-state index in [1.807, 2.05) is 10.8 Å². The highest BCUT2D eigenvalue weighted by Crippen LogP contribution is 2.39. The van der Waals surface area contributed by atoms with Crippen LogP contribution in [0.15, 0.2) is 96.5 Å². The number of carbonyl (C=O) groups is 4. The number of thiazole rings is 2. The first-order chi connectivity index (χ1) is 35.7. The van der Waals surface area contributed by atoms with Gasteiger partial charge in [0, 0.05) is 88.9 Å². The van der Waals surface area contributed by atoms with Crippen molar-refractivity contribution in [3.63, 3.8) is 0 Å². The van der Waals surface area contributed by atoms with Crippen molar-refractivity contribution in [2.24, 2.45) is 9.98 Å². The number of amidine groups is 2. The lowest BCUT2D eigenvalue weighted by Gasteiger charge is -2.35. The van der Waals surface area contributed by atoms with Crippen molar-refractivity contribution < 1.29 is 66.6 Å². The number of carboxylic acids is 2. The smallest absolute Gasteiger partial charge is 0.338 e. The molecule has 0 aliphatic carbocycles. The number of hydrogen-bond acceptors (Lipinski definition) is 20. The Bertz CT molecular complexity index is 2570. The first-order valence-electron chi connectivity index (χ1n) is 23.2. The van der Waals surface area contributed by atoms with Crippen molar-refractivity contribution in [3.05, 3.63) is 124 Å². The van der Waals surface area contributed by atoms with Gasteiger partial charge >= 0.3 is 23.9 Å². The average Bonchev–Trinajstić information content (AvgIpc) is 4.11. The van der Waals surface area contributed by atoms with Gasteiger partial charge in [-0.1, -0.05) is 39.7 Å². The minimum absolute atomic E-state index is 0.125. The lowest BCUT2D eigenvalue weighted by Crippen LogP contribution is -2.47. The van der Waals surface area contributed by atoms with Gasteiger partial charge in [0.15, 0.2) is 21.7 Å². The molecule has 20 nitrogen and oxygen atoms in total. The Morgan fingerprint density at radius 1 is 0.743 bits per heavy atom. The Balaban J connectivity index is 0.000000216. The summed E-state index contributed by atoms with van der Waals surface area (Å²) in [6.07, 6.45) is 2.66. The third kappa shape index (κ3) is 15.3. The van der Waals surface area contributed by atoms with E-state index in [0.29, 0.717) is 107 Å². The second kappa shape index (κ2) is 27.3. The van der Waals surface area contributed by atoms with Gasteiger partial charge in [-0.25, -0.2) is 37.9 Å². The molecule has 0 bridgehead atoms. The highest BCUT2D eigenvalue weighted by Gasteiger charge is 2.37. The van der Waals surface area contributed by atoms with Crippen LogP contribution in [0.25, 0.3) is 0 Å². The van der Waals surface area contributed by atoms with Crippen LogP contribution in [0.3, 0.4) is 0 Å². The quantitative estimate of drug-likeness (QED) is 0.0810. The maximum absolute atomic E-state index is 13.9. The number of aliphatic carboxylic acids is 2. The maximum Gasteiger partial charge on any atom is 0.338 e. The lowest BCUT2D eigenvalue weighted by molar-refractivity contribution is -0.145. The molecule has 2 saturated heterocycles. The van der Waals surface area contributed by atoms with E-state index in [0.717, 1.165) is 0 Å². The first-order valence-corrected chi connectivity index (χ1v) is 26.1. The van der Waals surface area contributed by atoms with Gasteiger partial charge in [0.2, 0.25) is 0 Å². The molecule has 4 atom stereocenters. The summed E-state index contributed by atoms with van der Waals surface area (Å²) in [5, 5.41) is 29.2. The lowest BCUT2D eigenvalue weighted by atomic mass is 9.95. The summed E-state index contributed by atoms with van der Waals surface area (Å²) in [6.45, 7) is 6.78. The molecule has 6 heterocycles. The van der Waals surface area contributed by atoms with Crippen molar-refractivity contribution in [2.75, 3.05) is 92.1 Å². The minimum atomic E-state index is -1.05. The van der Waals surface area contributed by atoms with Crippen molar-refractivity contribution in [1.82, 2.24) is 30.4 Å². The topological polar surface area (TPSA) is 245 Å². The Morgan fingerprint density at radius 3 is 1.62 bits per heavy atom. The van der Waals surface area contributed by atoms with Gasteiger partial charge in [0.25, 0.3) is 0 Å². The summed E-state index contributed by atoms with van der Waals surface area (Å²) >= 11 is 12.6. The zero-order valence-electron chi connectivity index (χ0n) is 40.0. The number of morpholine rings is 2. The number of rotatable bonds is 20. The summed E-state index contributed by atoms with van der Waals surface area (Å²) in [4.78, 5) is 70.5. The van der Waals surface area contributed by atoms with Crippen molar-refractivity contribution in [2.45, 2.75) is 38.1 Å². The van der Waals surface area contributed by atoms with Crippen LogP contribution in [0.4, 0.5) is 8.78 Å². The highest BCUT2D eigenvalue weighted by molar-refractivity contribution is 9.10. The van der Waals surface area contributed by atoms with Crippen LogP contribution in [0, 0.1) is 11.6 Å². The molecule has 0 spiro atoms. The Hall–Kier alpha value is -5.61. The standard InChI is InChI=1S/C24H26BrFN4O6S.C24H26ClFN4O6S/c2*1-2-35-24(33)20-18(11-30-6-7-36-15(10-30)12-34-13-19(31)32)28-22(23-27-5-8-37-23)29-21(20)16-4-3-14(26)9-17(16)25/h2*3-5,8-9,15,21H,2,6-7,10-13H2,1H3,(H,28,29)(H,31,32). The molecule has 0 amide bonds. The van der Waals surface area contributed by atoms with Gasteiger partial charge in [-0.15, -0.1) is 22.7 Å². The molecular weight excluding hydrogens is 1100 g/mol. The van der Waals surface area contributed by atoms with Gasteiger partial charge in [-0.3, -0.25) is 19.8 Å². The molecule has 2 fully saturated rings. The van der Waals surface area contributed by atoms with Crippen LogP contribution in [0.5, 0.6) is 0 Å². The van der Waals surface area contributed by atoms with Crippen LogP contribution >= 0.6 is 50.2 Å². The number of nitrogens with zero attached hydrogens (tertiary/aromatic N) is 6. The molecule has 0 saturated carbocycles. The van der Waals surface area contributed by atoms with Crippen LogP contribution < -0.4 is 10.6 Å². The summed E-state index contributed by atoms with van der Waals surface area (Å²) < 4.78 is 60.9. The third-order valence-electron chi connectivity index (χ3n) is 11.3. The fraction of sp³-hybridized carbons (Fsp3) is 0.417. The Kier molecular flexibility index (Phi) is 20.7. The van der Waals surface area contributed by atoms with E-state index in [1.54, 1.807) is 32.3 Å². The fourth-order valence-electron chi connectivity index (χ4n) is 8.19. The molecule has 4 unspecified atom stereocenters. The van der Waals surface area contributed by atoms with Crippen LogP contribution in [-0.2, 0) is 47.6 Å². The minimum Gasteiger partial charge on any atom is -0.480 e. The highest BCUT2D eigenvalue weighted by atomic mass is 79.9. The number of benzene rings is 2. The number of aliphatic imine (C=N–C) groups is 2. The predicted octanol–water partition coefficient (Wildman–Crippen LogP) is 5.40. The number of carboxylic acid groups (broad SMARTS) is 2. The normalized spacial score (nSPS) is 20.4. The number of esters is 2. The summed E-state index contributed by atoms with van der Waals surface area (Å²) in [5.41, 5.74) is 2.80. The van der Waals surface area contributed by atoms with E-state index in [9.17, 15) is 28.0 Å². The van der Waals surface area contributed by atoms with Crippen molar-refractivity contribution >= 4 is 85.8 Å². The van der Waals surface area contributed by atoms with E-state index in [1.165, 1.54) is 53.0 Å². The Morgan fingerprint density at radius 2 is 1.20 bits per heavy atom. The number of halogens is 4. The van der Waals surface area contributed by atoms with Crippen LogP contribution in [0.2, 0.25) is 5.02 Å². The average molecular weight is 1150 g/mol. The predicted molar refractivity (Wildman–Crippen MR) is 271 cm³/mol. The van der Waals surface area contributed by atoms with Crippen molar-refractivity contribution in [3.8, 4) is 0 Å². The molecule has 26 heteroatoms. The van der Waals surface area contributed by atoms with Crippen molar-refractivity contribution in [1.29, 1.82) is 0 Å². The Labute approximate surface area is 445 Å². The second-order valence-corrected chi connectivity index (χ2v) is 19.6. The van der Waals surface area contributed by atoms with Crippen LogP contribution in [-0.4, -0.2) is 170 Å². The van der Waals surface area contributed by atoms with Gasteiger partial charge in [0.1, 0.15) is 36.9 Å². The van der Waals surface area contributed by atoms with E-state index in [-0.39, 0.29) is 49.2 Å². The number of hydrogen-bond donors (Lipinski definition) is 4. The SMILES string of the molecule is CCOC(=O)C1=C(CN2CCOC(COCC(=O)O)C2)NC(c2nccs2)=NC1c1ccc(F)cc1Br.CCOC(=O)C1=C(CN2CCOC(COCC(=O)O)C2)NC(c2nccs2)=NC1c1ccc(F)cc1Cl. The molecule has 4 aromatic rings. The third-order valence-corrected chi connectivity index (χ3v) is 13.9. The number of carbonyl (C=O) groups excluding carboxylic acids is 2. The second-order valence-electron chi connectivity index (χ2n) is 16.5. The summed E-state index contributed by atoms with van der Waals surface area (Å²) in [7, 11) is 0. The van der Waals surface area contributed by atoms with Gasteiger partial charge in [0.05, 0.1) is 63.0 Å². The first kappa shape index (κ1) is 56.1. The molecule has 4 aliphatic heterocycles. The monoisotopic (exact) mass is 1150 g/mol. The molecule has 8 rings (SSSR count). The zero-order valence-corrected chi connectivity index (χ0v) is 43.9.